The van der Waals surface area contributed by atoms with Crippen LogP contribution in [0.3, 0.4) is 0 Å². The summed E-state index contributed by atoms with van der Waals surface area (Å²) in [6.07, 6.45) is 1.60. The molecule has 0 fully saturated rings. The van der Waals surface area contributed by atoms with Crippen LogP contribution in [0.4, 0.5) is 0 Å². The highest BCUT2D eigenvalue weighted by Crippen LogP contribution is 2.31. The van der Waals surface area contributed by atoms with E-state index in [1.807, 2.05) is 30.3 Å². The van der Waals surface area contributed by atoms with Gasteiger partial charge in [-0.3, -0.25) is 0 Å². The van der Waals surface area contributed by atoms with Gasteiger partial charge in [0, 0.05) is 25.9 Å². The molecule has 1 aliphatic heterocycles. The molecular weight excluding hydrogens is 324 g/mol. The largest absolute Gasteiger partial charge is 0.464 e. The average molecular weight is 344 g/mol. The first kappa shape index (κ1) is 18.3. The van der Waals surface area contributed by atoms with Crippen molar-refractivity contribution in [3.8, 4) is 0 Å². The number of hydrogen-bond donors (Lipinski definition) is 1. The van der Waals surface area contributed by atoms with E-state index in [-0.39, 0.29) is 11.4 Å². The normalized spacial score (nSPS) is 18.4. The van der Waals surface area contributed by atoms with Crippen LogP contribution in [-0.2, 0) is 19.1 Å². The Morgan fingerprint density at radius 3 is 2.28 bits per heavy atom. The molecule has 0 amide bonds. The highest BCUT2D eigenvalue weighted by molar-refractivity contribution is 6.49. The number of esters is 2. The molecule has 25 heavy (non-hydrogen) atoms. The van der Waals surface area contributed by atoms with E-state index < -0.39 is 17.9 Å². The molecule has 8 nitrogen and oxygen atoms in total. The Bertz CT molecular complexity index is 738. The smallest absolute Gasteiger partial charge is 0.358 e. The summed E-state index contributed by atoms with van der Waals surface area (Å²) in [5.41, 5.74) is 4.33. The Labute approximate surface area is 145 Å². The minimum atomic E-state index is -0.639. The van der Waals surface area contributed by atoms with Gasteiger partial charge in [0.25, 0.3) is 0 Å². The van der Waals surface area contributed by atoms with Crippen LogP contribution in [-0.4, -0.2) is 56.7 Å². The monoisotopic (exact) mass is 344 g/mol. The van der Waals surface area contributed by atoms with Crippen LogP contribution in [0, 0.1) is 0 Å². The number of carbonyl (C=O) groups excluding carboxylic acids is 2. The van der Waals surface area contributed by atoms with Crippen molar-refractivity contribution in [2.45, 2.75) is 5.92 Å². The number of methoxy groups -OCH3 is 2. The van der Waals surface area contributed by atoms with Gasteiger partial charge < -0.3 is 14.9 Å². The molecule has 0 bridgehead atoms. The summed E-state index contributed by atoms with van der Waals surface area (Å²) in [5, 5.41) is 9.51. The fourth-order valence-corrected chi connectivity index (χ4v) is 2.36. The van der Waals surface area contributed by atoms with Crippen LogP contribution in [0.15, 0.2) is 52.3 Å². The molecule has 1 N–H and O–H groups in total. The van der Waals surface area contributed by atoms with Crippen molar-refractivity contribution in [1.29, 1.82) is 0 Å². The van der Waals surface area contributed by atoms with Gasteiger partial charge in [0.05, 0.1) is 20.1 Å². The van der Waals surface area contributed by atoms with E-state index in [2.05, 4.69) is 15.6 Å². The second-order valence-corrected chi connectivity index (χ2v) is 5.38. The lowest BCUT2D eigenvalue weighted by Gasteiger charge is -2.25. The zero-order valence-electron chi connectivity index (χ0n) is 14.5. The third kappa shape index (κ3) is 4.10. The fourth-order valence-electron chi connectivity index (χ4n) is 2.36. The van der Waals surface area contributed by atoms with Crippen molar-refractivity contribution in [3.05, 3.63) is 47.7 Å². The first-order valence-electron chi connectivity index (χ1n) is 7.50. The van der Waals surface area contributed by atoms with Crippen LogP contribution in [0.25, 0.3) is 0 Å². The van der Waals surface area contributed by atoms with E-state index in [1.54, 1.807) is 25.3 Å². The number of rotatable bonds is 5. The van der Waals surface area contributed by atoms with Gasteiger partial charge >= 0.3 is 11.9 Å². The molecule has 1 aromatic carbocycles. The fraction of sp³-hybridized carbons (Fsp3) is 0.294. The number of nitrogens with zero attached hydrogens (tertiary/aromatic N) is 3. The van der Waals surface area contributed by atoms with Crippen LogP contribution in [0.5, 0.6) is 0 Å². The van der Waals surface area contributed by atoms with Gasteiger partial charge in [-0.2, -0.15) is 0 Å². The molecule has 0 radical (unpaired) electrons. The Morgan fingerprint density at radius 1 is 1.08 bits per heavy atom. The van der Waals surface area contributed by atoms with Gasteiger partial charge in [-0.1, -0.05) is 30.3 Å². The number of ether oxygens (including phenoxy) is 2. The van der Waals surface area contributed by atoms with Gasteiger partial charge in [-0.25, -0.2) is 14.6 Å². The van der Waals surface area contributed by atoms with E-state index in [0.29, 0.717) is 5.57 Å². The number of hydrogen-bond acceptors (Lipinski definition) is 8. The molecule has 1 heterocycles. The second-order valence-electron chi connectivity index (χ2n) is 5.38. The summed E-state index contributed by atoms with van der Waals surface area (Å²) in [7, 11) is 6.12. The van der Waals surface area contributed by atoms with Gasteiger partial charge in [0.2, 0.25) is 0 Å². The van der Waals surface area contributed by atoms with E-state index in [4.69, 9.17) is 9.47 Å². The maximum Gasteiger partial charge on any atom is 0.358 e. The van der Waals surface area contributed by atoms with E-state index >= 15 is 0 Å². The lowest BCUT2D eigenvalue weighted by molar-refractivity contribution is -0.134. The maximum atomic E-state index is 12.2. The van der Waals surface area contributed by atoms with Gasteiger partial charge in [-0.15, -0.1) is 10.2 Å². The summed E-state index contributed by atoms with van der Waals surface area (Å²) in [6.45, 7) is 0. The summed E-state index contributed by atoms with van der Waals surface area (Å²) < 4.78 is 9.62. The Balaban J connectivity index is 2.63. The molecule has 2 rings (SSSR count). The zero-order chi connectivity index (χ0) is 18.4. The first-order valence-corrected chi connectivity index (χ1v) is 7.50. The second kappa shape index (κ2) is 8.20. The van der Waals surface area contributed by atoms with Gasteiger partial charge in [0.1, 0.15) is 0 Å². The van der Waals surface area contributed by atoms with Crippen molar-refractivity contribution < 1.29 is 19.1 Å². The van der Waals surface area contributed by atoms with Crippen LogP contribution < -0.4 is 5.43 Å². The highest BCUT2D eigenvalue weighted by atomic mass is 16.5. The minimum Gasteiger partial charge on any atom is -0.464 e. The number of hydrazine groups is 1. The topological polar surface area (TPSA) is 92.6 Å². The molecule has 0 saturated carbocycles. The summed E-state index contributed by atoms with van der Waals surface area (Å²) >= 11 is 0. The van der Waals surface area contributed by atoms with E-state index in [1.165, 1.54) is 14.2 Å². The molecule has 0 aromatic heterocycles. The van der Waals surface area contributed by atoms with Gasteiger partial charge in [0.15, 0.2) is 11.4 Å². The quantitative estimate of drug-likeness (QED) is 0.630. The highest BCUT2D eigenvalue weighted by Gasteiger charge is 2.37. The molecule has 1 aliphatic rings. The third-order valence-corrected chi connectivity index (χ3v) is 3.50. The zero-order valence-corrected chi connectivity index (χ0v) is 14.5. The molecule has 132 valence electrons. The maximum absolute atomic E-state index is 12.2. The predicted octanol–water partition coefficient (Wildman–Crippen LogP) is 0.877. The minimum absolute atomic E-state index is 0.0263. The number of benzene rings is 1. The molecular formula is C17H20N4O4. The van der Waals surface area contributed by atoms with Crippen molar-refractivity contribution in [2.24, 2.45) is 10.2 Å². The number of nitrogens with one attached hydrogen (secondary N) is 1. The summed E-state index contributed by atoms with van der Waals surface area (Å²) in [4.78, 5) is 24.3. The molecule has 8 heteroatoms. The van der Waals surface area contributed by atoms with Gasteiger partial charge in [-0.05, 0) is 5.56 Å². The van der Waals surface area contributed by atoms with E-state index in [0.717, 1.165) is 5.56 Å². The van der Waals surface area contributed by atoms with Crippen molar-refractivity contribution >= 4 is 23.4 Å². The van der Waals surface area contributed by atoms with Crippen molar-refractivity contribution in [2.75, 3.05) is 28.3 Å². The standard InChI is InChI=1S/C17H20N4O4/c1-21(2)18-10-12-13(11-8-6-5-7-9-11)15(17(23)25-4)20-19-14(12)16(22)24-3/h5-10,13,18H,1-4H3/b12-10+. The Kier molecular flexibility index (Phi) is 6.02. The van der Waals surface area contributed by atoms with Crippen LogP contribution >= 0.6 is 0 Å². The van der Waals surface area contributed by atoms with E-state index in [9.17, 15) is 9.59 Å². The lowest BCUT2D eigenvalue weighted by atomic mass is 9.84. The van der Waals surface area contributed by atoms with Crippen LogP contribution in [0.1, 0.15) is 11.5 Å². The first-order chi connectivity index (χ1) is 12.0. The molecule has 0 spiro atoms. The molecule has 0 saturated heterocycles. The summed E-state index contributed by atoms with van der Waals surface area (Å²) in [6, 6.07) is 9.22. The van der Waals surface area contributed by atoms with Crippen molar-refractivity contribution in [1.82, 2.24) is 10.4 Å². The number of carbonyl (C=O) groups is 2. The van der Waals surface area contributed by atoms with Crippen LogP contribution in [0.2, 0.25) is 0 Å². The Hall–Kier alpha value is -3.00. The molecule has 0 aliphatic carbocycles. The van der Waals surface area contributed by atoms with Crippen molar-refractivity contribution in [3.63, 3.8) is 0 Å². The third-order valence-electron chi connectivity index (χ3n) is 3.50. The molecule has 1 aromatic rings. The molecule has 1 atom stereocenters. The predicted molar refractivity (Wildman–Crippen MR) is 93.0 cm³/mol. The Morgan fingerprint density at radius 2 is 1.72 bits per heavy atom. The SMILES string of the molecule is COC(=O)C1=NN=C(C(=O)OC)C(c2ccccc2)/C1=C\NN(C)C. The lowest BCUT2D eigenvalue weighted by Crippen LogP contribution is -2.36. The molecule has 1 unspecified atom stereocenters. The average Bonchev–Trinajstić information content (AvgIpc) is 2.64. The summed E-state index contributed by atoms with van der Waals surface area (Å²) in [5.74, 6) is -1.87.